The molecule has 140 valence electrons. The monoisotopic (exact) mass is 357 g/mol. The van der Waals surface area contributed by atoms with Crippen molar-refractivity contribution in [1.29, 1.82) is 0 Å². The van der Waals surface area contributed by atoms with Gasteiger partial charge in [-0.2, -0.15) is 0 Å². The largest absolute Gasteiger partial charge is 0.497 e. The third-order valence-corrected chi connectivity index (χ3v) is 4.15. The maximum absolute atomic E-state index is 12.1. The lowest BCUT2D eigenvalue weighted by atomic mass is 10.1. The Bertz CT molecular complexity index is 655. The molecule has 5 heteroatoms. The fourth-order valence-corrected chi connectivity index (χ4v) is 2.55. The fraction of sp³-hybridized carbons (Fsp3) is 0.381. The number of aliphatic hydroxyl groups excluding tert-OH is 1. The lowest BCUT2D eigenvalue weighted by Gasteiger charge is -2.20. The van der Waals surface area contributed by atoms with E-state index in [1.165, 1.54) is 0 Å². The first-order chi connectivity index (χ1) is 12.6. The van der Waals surface area contributed by atoms with Crippen LogP contribution in [-0.2, 0) is 22.7 Å². The van der Waals surface area contributed by atoms with E-state index < -0.39 is 6.10 Å². The number of aliphatic hydroxyl groups is 1. The Labute approximate surface area is 155 Å². The van der Waals surface area contributed by atoms with Gasteiger partial charge in [-0.05, 0) is 36.6 Å². The lowest BCUT2D eigenvalue weighted by Crippen LogP contribution is -2.30. The maximum Gasteiger partial charge on any atom is 0.220 e. The van der Waals surface area contributed by atoms with Gasteiger partial charge in [0.1, 0.15) is 5.75 Å². The molecule has 0 saturated heterocycles. The predicted molar refractivity (Wildman–Crippen MR) is 101 cm³/mol. The van der Waals surface area contributed by atoms with Gasteiger partial charge in [-0.25, -0.2) is 0 Å². The summed E-state index contributed by atoms with van der Waals surface area (Å²) in [7, 11) is 1.62. The zero-order valence-electron chi connectivity index (χ0n) is 15.4. The molecule has 1 amide bonds. The van der Waals surface area contributed by atoms with Crippen molar-refractivity contribution < 1.29 is 19.4 Å². The second kappa shape index (κ2) is 10.6. The standard InChI is InChI=1S/C21H27NO4/c1-16(23)20(26-15-18-6-4-3-5-7-18)12-13-21(24)22-14-17-8-10-19(25-2)11-9-17/h3-11,16,20,23H,12-15H2,1-2H3,(H,22,24)/t16-,20+/m1/s1. The molecule has 2 aromatic rings. The first-order valence-corrected chi connectivity index (χ1v) is 8.81. The summed E-state index contributed by atoms with van der Waals surface area (Å²) >= 11 is 0. The normalized spacial score (nSPS) is 13.0. The van der Waals surface area contributed by atoms with E-state index in [-0.39, 0.29) is 12.0 Å². The van der Waals surface area contributed by atoms with Crippen LogP contribution in [0.25, 0.3) is 0 Å². The van der Waals surface area contributed by atoms with Gasteiger partial charge in [-0.3, -0.25) is 4.79 Å². The molecular weight excluding hydrogens is 330 g/mol. The molecule has 0 spiro atoms. The van der Waals surface area contributed by atoms with Crippen molar-refractivity contribution in [2.45, 2.75) is 45.1 Å². The lowest BCUT2D eigenvalue weighted by molar-refractivity contribution is -0.122. The number of carbonyl (C=O) groups excluding carboxylic acids is 1. The highest BCUT2D eigenvalue weighted by atomic mass is 16.5. The van der Waals surface area contributed by atoms with E-state index in [9.17, 15) is 9.90 Å². The summed E-state index contributed by atoms with van der Waals surface area (Å²) in [6, 6.07) is 17.3. The van der Waals surface area contributed by atoms with Gasteiger partial charge in [-0.1, -0.05) is 42.5 Å². The van der Waals surface area contributed by atoms with Crippen molar-refractivity contribution in [3.63, 3.8) is 0 Å². The van der Waals surface area contributed by atoms with Gasteiger partial charge in [0.2, 0.25) is 5.91 Å². The molecular formula is C21H27NO4. The van der Waals surface area contributed by atoms with Crippen LogP contribution in [0.2, 0.25) is 0 Å². The Balaban J connectivity index is 1.73. The van der Waals surface area contributed by atoms with Crippen LogP contribution >= 0.6 is 0 Å². The first kappa shape index (κ1) is 19.9. The molecule has 0 unspecified atom stereocenters. The summed E-state index contributed by atoms with van der Waals surface area (Å²) in [5, 5.41) is 12.8. The fourth-order valence-electron chi connectivity index (χ4n) is 2.55. The summed E-state index contributed by atoms with van der Waals surface area (Å²) in [6.07, 6.45) is -0.227. The van der Waals surface area contributed by atoms with Gasteiger partial charge in [0.15, 0.2) is 0 Å². The van der Waals surface area contributed by atoms with E-state index in [0.717, 1.165) is 16.9 Å². The molecule has 0 aliphatic heterocycles. The molecule has 0 saturated carbocycles. The maximum atomic E-state index is 12.1. The highest BCUT2D eigenvalue weighted by molar-refractivity contribution is 5.75. The Kier molecular flexibility index (Phi) is 8.12. The molecule has 0 aromatic heterocycles. The summed E-state index contributed by atoms with van der Waals surface area (Å²) in [5.41, 5.74) is 2.05. The summed E-state index contributed by atoms with van der Waals surface area (Å²) < 4.78 is 10.9. The Morgan fingerprint density at radius 2 is 1.77 bits per heavy atom. The van der Waals surface area contributed by atoms with Crippen molar-refractivity contribution in [2.24, 2.45) is 0 Å². The van der Waals surface area contributed by atoms with E-state index in [0.29, 0.717) is 26.0 Å². The number of hydrogen-bond donors (Lipinski definition) is 2. The minimum Gasteiger partial charge on any atom is -0.497 e. The van der Waals surface area contributed by atoms with E-state index >= 15 is 0 Å². The molecule has 0 heterocycles. The summed E-state index contributed by atoms with van der Waals surface area (Å²) in [6.45, 7) is 2.57. The van der Waals surface area contributed by atoms with Gasteiger partial charge in [0.05, 0.1) is 25.9 Å². The number of amides is 1. The molecule has 0 bridgehead atoms. The number of ether oxygens (including phenoxy) is 2. The first-order valence-electron chi connectivity index (χ1n) is 8.81. The third kappa shape index (κ3) is 6.86. The minimum absolute atomic E-state index is 0.0604. The van der Waals surface area contributed by atoms with Crippen molar-refractivity contribution >= 4 is 5.91 Å². The van der Waals surface area contributed by atoms with Crippen LogP contribution in [0.1, 0.15) is 30.9 Å². The molecule has 0 aliphatic carbocycles. The molecule has 0 fully saturated rings. The van der Waals surface area contributed by atoms with E-state index in [2.05, 4.69) is 5.32 Å². The van der Waals surface area contributed by atoms with Crippen LogP contribution in [-0.4, -0.2) is 30.3 Å². The van der Waals surface area contributed by atoms with E-state index in [1.54, 1.807) is 14.0 Å². The molecule has 0 radical (unpaired) electrons. The van der Waals surface area contributed by atoms with Crippen molar-refractivity contribution in [3.05, 3.63) is 65.7 Å². The van der Waals surface area contributed by atoms with Crippen LogP contribution in [0.4, 0.5) is 0 Å². The van der Waals surface area contributed by atoms with Crippen molar-refractivity contribution in [1.82, 2.24) is 5.32 Å². The van der Waals surface area contributed by atoms with Gasteiger partial charge >= 0.3 is 0 Å². The highest BCUT2D eigenvalue weighted by Gasteiger charge is 2.17. The van der Waals surface area contributed by atoms with Gasteiger partial charge < -0.3 is 19.9 Å². The van der Waals surface area contributed by atoms with Crippen LogP contribution in [0, 0.1) is 0 Å². The highest BCUT2D eigenvalue weighted by Crippen LogP contribution is 2.13. The topological polar surface area (TPSA) is 67.8 Å². The number of benzene rings is 2. The number of hydrogen-bond acceptors (Lipinski definition) is 4. The van der Waals surface area contributed by atoms with E-state index in [4.69, 9.17) is 9.47 Å². The number of nitrogens with one attached hydrogen (secondary N) is 1. The average Bonchev–Trinajstić information content (AvgIpc) is 2.67. The molecule has 26 heavy (non-hydrogen) atoms. The van der Waals surface area contributed by atoms with Crippen molar-refractivity contribution in [3.8, 4) is 5.75 Å². The summed E-state index contributed by atoms with van der Waals surface area (Å²) in [4.78, 5) is 12.1. The second-order valence-corrected chi connectivity index (χ2v) is 6.24. The van der Waals surface area contributed by atoms with E-state index in [1.807, 2.05) is 54.6 Å². The Hall–Kier alpha value is -2.37. The minimum atomic E-state index is -0.631. The van der Waals surface area contributed by atoms with Crippen LogP contribution in [0.5, 0.6) is 5.75 Å². The van der Waals surface area contributed by atoms with Crippen LogP contribution < -0.4 is 10.1 Å². The van der Waals surface area contributed by atoms with Gasteiger partial charge in [0, 0.05) is 13.0 Å². The molecule has 2 atom stereocenters. The van der Waals surface area contributed by atoms with Gasteiger partial charge in [0.25, 0.3) is 0 Å². The molecule has 2 rings (SSSR count). The number of methoxy groups -OCH3 is 1. The smallest absolute Gasteiger partial charge is 0.220 e. The van der Waals surface area contributed by atoms with Crippen molar-refractivity contribution in [2.75, 3.05) is 7.11 Å². The molecule has 0 aliphatic rings. The molecule has 2 N–H and O–H groups in total. The number of rotatable bonds is 10. The van der Waals surface area contributed by atoms with Gasteiger partial charge in [-0.15, -0.1) is 0 Å². The Morgan fingerprint density at radius 3 is 2.38 bits per heavy atom. The Morgan fingerprint density at radius 1 is 1.08 bits per heavy atom. The zero-order valence-corrected chi connectivity index (χ0v) is 15.4. The second-order valence-electron chi connectivity index (χ2n) is 6.24. The van der Waals surface area contributed by atoms with Crippen LogP contribution in [0.3, 0.4) is 0 Å². The predicted octanol–water partition coefficient (Wildman–Crippen LogP) is 3.06. The SMILES string of the molecule is COc1ccc(CNC(=O)CC[C@H](OCc2ccccc2)[C@@H](C)O)cc1. The third-order valence-electron chi connectivity index (χ3n) is 4.15. The molecule has 5 nitrogen and oxygen atoms in total. The van der Waals surface area contributed by atoms with Crippen LogP contribution in [0.15, 0.2) is 54.6 Å². The molecule has 2 aromatic carbocycles. The average molecular weight is 357 g/mol. The quantitative estimate of drug-likeness (QED) is 0.686. The number of carbonyl (C=O) groups is 1. The zero-order chi connectivity index (χ0) is 18.8. The summed E-state index contributed by atoms with van der Waals surface area (Å²) in [5.74, 6) is 0.727.